The number of hydrogen-bond donors (Lipinski definition) is 2. The van der Waals surface area contributed by atoms with Gasteiger partial charge < -0.3 is 25.7 Å². The Balaban J connectivity index is 2.74. The van der Waals surface area contributed by atoms with Crippen LogP contribution in [0.3, 0.4) is 0 Å². The lowest BCUT2D eigenvalue weighted by molar-refractivity contribution is 0.394. The molecule has 0 radical (unpaired) electrons. The Morgan fingerprint density at radius 2 is 1.33 bits per heavy atom. The molecule has 21 heavy (non-hydrogen) atoms. The average molecular weight is 288 g/mol. The molecule has 2 rings (SSSR count). The van der Waals surface area contributed by atoms with Gasteiger partial charge in [0.1, 0.15) is 17.2 Å². The maximum absolute atomic E-state index is 6.19. The van der Waals surface area contributed by atoms with Crippen molar-refractivity contribution in [3.63, 3.8) is 0 Å². The van der Waals surface area contributed by atoms with Gasteiger partial charge in [0.05, 0.1) is 32.7 Å². The van der Waals surface area contributed by atoms with Crippen LogP contribution in [-0.4, -0.2) is 21.3 Å². The van der Waals surface area contributed by atoms with E-state index < -0.39 is 0 Å². The van der Waals surface area contributed by atoms with E-state index in [0.29, 0.717) is 28.6 Å². The van der Waals surface area contributed by atoms with Gasteiger partial charge in [-0.1, -0.05) is 0 Å². The van der Waals surface area contributed by atoms with E-state index in [0.717, 1.165) is 16.7 Å². The Bertz CT molecular complexity index is 647. The quantitative estimate of drug-likeness (QED) is 0.846. The van der Waals surface area contributed by atoms with E-state index in [1.54, 1.807) is 27.4 Å². The Morgan fingerprint density at radius 1 is 0.762 bits per heavy atom. The molecule has 5 heteroatoms. The van der Waals surface area contributed by atoms with Gasteiger partial charge in [0, 0.05) is 11.6 Å². The third-order valence-electron chi connectivity index (χ3n) is 3.44. The van der Waals surface area contributed by atoms with Crippen molar-refractivity contribution in [3.8, 4) is 28.4 Å². The van der Waals surface area contributed by atoms with Crippen molar-refractivity contribution in [1.29, 1.82) is 0 Å². The molecule has 2 aromatic rings. The lowest BCUT2D eigenvalue weighted by atomic mass is 9.98. The van der Waals surface area contributed by atoms with Gasteiger partial charge in [-0.3, -0.25) is 0 Å². The molecular weight excluding hydrogens is 268 g/mol. The molecular formula is C16H20N2O3. The molecule has 0 saturated carbocycles. The molecule has 0 aliphatic heterocycles. The summed E-state index contributed by atoms with van der Waals surface area (Å²) in [6.07, 6.45) is 0. The van der Waals surface area contributed by atoms with Crippen LogP contribution in [0.2, 0.25) is 0 Å². The summed E-state index contributed by atoms with van der Waals surface area (Å²) in [5.41, 5.74) is 15.7. The summed E-state index contributed by atoms with van der Waals surface area (Å²) < 4.78 is 16.0. The van der Waals surface area contributed by atoms with E-state index in [1.807, 2.05) is 25.1 Å². The molecule has 2 aromatic carbocycles. The lowest BCUT2D eigenvalue weighted by Crippen LogP contribution is -2.02. The summed E-state index contributed by atoms with van der Waals surface area (Å²) >= 11 is 0. The van der Waals surface area contributed by atoms with Crippen molar-refractivity contribution in [2.75, 3.05) is 32.8 Å². The highest BCUT2D eigenvalue weighted by atomic mass is 16.5. The Hall–Kier alpha value is -2.56. The van der Waals surface area contributed by atoms with Crippen molar-refractivity contribution in [2.45, 2.75) is 6.92 Å². The summed E-state index contributed by atoms with van der Waals surface area (Å²) in [7, 11) is 4.80. The highest BCUT2D eigenvalue weighted by Crippen LogP contribution is 2.42. The maximum Gasteiger partial charge on any atom is 0.129 e. The van der Waals surface area contributed by atoms with Gasteiger partial charge in [0.15, 0.2) is 0 Å². The maximum atomic E-state index is 6.19. The number of rotatable bonds is 4. The first-order valence-corrected chi connectivity index (χ1v) is 6.47. The van der Waals surface area contributed by atoms with Gasteiger partial charge in [-0.05, 0) is 36.2 Å². The van der Waals surface area contributed by atoms with Crippen LogP contribution in [0, 0.1) is 6.92 Å². The highest BCUT2D eigenvalue weighted by Gasteiger charge is 2.16. The van der Waals surface area contributed by atoms with E-state index in [2.05, 4.69) is 0 Å². The first-order valence-electron chi connectivity index (χ1n) is 6.47. The predicted molar refractivity (Wildman–Crippen MR) is 85.1 cm³/mol. The zero-order valence-corrected chi connectivity index (χ0v) is 12.7. The standard InChI is InChI=1S/C16H20N2O3/c1-9-5-13(21-4)14(16(18)15(9)17)10-6-11(19-2)8-12(7-10)20-3/h5-8H,17-18H2,1-4H3. The van der Waals surface area contributed by atoms with Crippen LogP contribution in [0.5, 0.6) is 17.2 Å². The normalized spacial score (nSPS) is 10.3. The second kappa shape index (κ2) is 5.83. The SMILES string of the molecule is COc1cc(OC)cc(-c2c(OC)cc(C)c(N)c2N)c1. The second-order valence-corrected chi connectivity index (χ2v) is 4.70. The zero-order chi connectivity index (χ0) is 15.6. The van der Waals surface area contributed by atoms with Crippen molar-refractivity contribution >= 4 is 11.4 Å². The molecule has 5 nitrogen and oxygen atoms in total. The summed E-state index contributed by atoms with van der Waals surface area (Å²) in [4.78, 5) is 0. The third-order valence-corrected chi connectivity index (χ3v) is 3.44. The first kappa shape index (κ1) is 14.8. The number of hydrogen-bond acceptors (Lipinski definition) is 5. The molecule has 0 fully saturated rings. The molecule has 0 aliphatic rings. The monoisotopic (exact) mass is 288 g/mol. The van der Waals surface area contributed by atoms with E-state index in [9.17, 15) is 0 Å². The van der Waals surface area contributed by atoms with Gasteiger partial charge in [-0.15, -0.1) is 0 Å². The minimum Gasteiger partial charge on any atom is -0.497 e. The highest BCUT2D eigenvalue weighted by molar-refractivity contribution is 5.91. The van der Waals surface area contributed by atoms with E-state index >= 15 is 0 Å². The van der Waals surface area contributed by atoms with Gasteiger partial charge in [0.2, 0.25) is 0 Å². The molecule has 0 spiro atoms. The molecule has 0 unspecified atom stereocenters. The number of nitrogen functional groups attached to an aromatic ring is 2. The van der Waals surface area contributed by atoms with E-state index in [1.165, 1.54) is 0 Å². The van der Waals surface area contributed by atoms with Crippen LogP contribution in [0.15, 0.2) is 24.3 Å². The Morgan fingerprint density at radius 3 is 1.81 bits per heavy atom. The summed E-state index contributed by atoms with van der Waals surface area (Å²) in [5, 5.41) is 0. The Labute approximate surface area is 124 Å². The molecule has 0 aliphatic carbocycles. The molecule has 0 bridgehead atoms. The van der Waals surface area contributed by atoms with E-state index in [-0.39, 0.29) is 0 Å². The van der Waals surface area contributed by atoms with Gasteiger partial charge in [-0.2, -0.15) is 0 Å². The van der Waals surface area contributed by atoms with Crippen LogP contribution in [0.25, 0.3) is 11.1 Å². The van der Waals surface area contributed by atoms with Crippen LogP contribution >= 0.6 is 0 Å². The number of benzene rings is 2. The fourth-order valence-corrected chi connectivity index (χ4v) is 2.24. The van der Waals surface area contributed by atoms with Crippen molar-refractivity contribution in [2.24, 2.45) is 0 Å². The van der Waals surface area contributed by atoms with Crippen molar-refractivity contribution in [1.82, 2.24) is 0 Å². The largest absolute Gasteiger partial charge is 0.497 e. The predicted octanol–water partition coefficient (Wildman–Crippen LogP) is 2.85. The fraction of sp³-hybridized carbons (Fsp3) is 0.250. The van der Waals surface area contributed by atoms with Crippen molar-refractivity contribution in [3.05, 3.63) is 29.8 Å². The second-order valence-electron chi connectivity index (χ2n) is 4.70. The topological polar surface area (TPSA) is 79.7 Å². The van der Waals surface area contributed by atoms with Crippen LogP contribution in [0.1, 0.15) is 5.56 Å². The minimum atomic E-state index is 0.488. The molecule has 0 heterocycles. The summed E-state index contributed by atoms with van der Waals surface area (Å²) in [6.45, 7) is 1.89. The molecule has 0 amide bonds. The van der Waals surface area contributed by atoms with Crippen LogP contribution < -0.4 is 25.7 Å². The number of anilines is 2. The average Bonchev–Trinajstić information content (AvgIpc) is 2.51. The first-order chi connectivity index (χ1) is 10.0. The molecule has 0 saturated heterocycles. The van der Waals surface area contributed by atoms with Gasteiger partial charge in [0.25, 0.3) is 0 Å². The smallest absolute Gasteiger partial charge is 0.129 e. The fourth-order valence-electron chi connectivity index (χ4n) is 2.24. The molecule has 0 aromatic heterocycles. The number of methoxy groups -OCH3 is 3. The van der Waals surface area contributed by atoms with E-state index in [4.69, 9.17) is 25.7 Å². The zero-order valence-electron chi connectivity index (χ0n) is 12.7. The summed E-state index contributed by atoms with van der Waals surface area (Å²) in [6, 6.07) is 7.40. The lowest BCUT2D eigenvalue weighted by Gasteiger charge is -2.17. The number of aryl methyl sites for hydroxylation is 1. The molecule has 0 atom stereocenters. The number of nitrogens with two attached hydrogens (primary N) is 2. The Kier molecular flexibility index (Phi) is 4.12. The molecule has 112 valence electrons. The summed E-state index contributed by atoms with van der Waals surface area (Å²) in [5.74, 6) is 2.00. The van der Waals surface area contributed by atoms with Gasteiger partial charge in [-0.25, -0.2) is 0 Å². The van der Waals surface area contributed by atoms with Gasteiger partial charge >= 0.3 is 0 Å². The minimum absolute atomic E-state index is 0.488. The van der Waals surface area contributed by atoms with Crippen LogP contribution in [0.4, 0.5) is 11.4 Å². The van der Waals surface area contributed by atoms with Crippen molar-refractivity contribution < 1.29 is 14.2 Å². The van der Waals surface area contributed by atoms with Crippen LogP contribution in [-0.2, 0) is 0 Å². The third kappa shape index (κ3) is 2.67. The molecule has 4 N–H and O–H groups in total. The number of ether oxygens (including phenoxy) is 3.